The van der Waals surface area contributed by atoms with Crippen LogP contribution in [0.1, 0.15) is 11.1 Å². The zero-order chi connectivity index (χ0) is 21.2. The Morgan fingerprint density at radius 3 is 2.55 bits per heavy atom. The molecule has 1 atom stereocenters. The van der Waals surface area contributed by atoms with Crippen LogP contribution in [0.5, 0.6) is 5.75 Å². The standard InChI is InChI=1S/C20H18F3N3O3/c1-26-11-25-18-17(12-2-5-15(6-3-12)29-20(21,22)23)8-13(9-24)16(19(18)26)7-4-14(28)10-27/h2-3,5-6,8,11,14,27-28H,9-10,24H2,1H3. The number of aliphatic hydroxyl groups is 2. The topological polar surface area (TPSA) is 93.5 Å². The van der Waals surface area contributed by atoms with Crippen LogP contribution in [-0.2, 0) is 13.6 Å². The molecule has 0 saturated heterocycles. The van der Waals surface area contributed by atoms with Gasteiger partial charge in [-0.2, -0.15) is 0 Å². The molecular formula is C20H18F3N3O3. The van der Waals surface area contributed by atoms with Crippen molar-refractivity contribution in [3.05, 3.63) is 47.8 Å². The quantitative estimate of drug-likeness (QED) is 0.580. The van der Waals surface area contributed by atoms with Crippen LogP contribution in [0, 0.1) is 11.8 Å². The molecular weight excluding hydrogens is 387 g/mol. The molecule has 3 rings (SSSR count). The highest BCUT2D eigenvalue weighted by Crippen LogP contribution is 2.33. The number of nitrogens with two attached hydrogens (primary N) is 1. The average Bonchev–Trinajstić information content (AvgIpc) is 3.06. The molecule has 3 aromatic rings. The summed E-state index contributed by atoms with van der Waals surface area (Å²) in [6.45, 7) is -0.355. The highest BCUT2D eigenvalue weighted by Gasteiger charge is 2.31. The van der Waals surface area contributed by atoms with Crippen LogP contribution < -0.4 is 10.5 Å². The third kappa shape index (κ3) is 4.51. The highest BCUT2D eigenvalue weighted by molar-refractivity contribution is 5.96. The predicted octanol–water partition coefficient (Wildman–Crippen LogP) is 2.30. The van der Waals surface area contributed by atoms with Crippen LogP contribution in [0.2, 0.25) is 0 Å². The minimum Gasteiger partial charge on any atom is -0.406 e. The largest absolute Gasteiger partial charge is 0.573 e. The van der Waals surface area contributed by atoms with E-state index in [0.29, 0.717) is 33.3 Å². The number of aryl methyl sites for hydroxylation is 1. The van der Waals surface area contributed by atoms with E-state index in [1.165, 1.54) is 24.3 Å². The molecule has 0 saturated carbocycles. The van der Waals surface area contributed by atoms with Gasteiger partial charge in [0.15, 0.2) is 0 Å². The first kappa shape index (κ1) is 20.7. The van der Waals surface area contributed by atoms with Crippen molar-refractivity contribution in [2.24, 2.45) is 12.8 Å². The Kier molecular flexibility index (Phi) is 5.79. The summed E-state index contributed by atoms with van der Waals surface area (Å²) in [7, 11) is 1.77. The summed E-state index contributed by atoms with van der Waals surface area (Å²) in [5.74, 6) is 5.09. The number of imidazole rings is 1. The van der Waals surface area contributed by atoms with Crippen LogP contribution in [0.3, 0.4) is 0 Å². The third-order valence-corrected chi connectivity index (χ3v) is 4.22. The van der Waals surface area contributed by atoms with E-state index >= 15 is 0 Å². The summed E-state index contributed by atoms with van der Waals surface area (Å²) in [6, 6.07) is 7.23. The summed E-state index contributed by atoms with van der Waals surface area (Å²) in [4.78, 5) is 4.39. The summed E-state index contributed by atoms with van der Waals surface area (Å²) in [5.41, 5.74) is 9.67. The van der Waals surface area contributed by atoms with E-state index in [1.54, 1.807) is 24.0 Å². The summed E-state index contributed by atoms with van der Waals surface area (Å²) < 4.78 is 42.8. The monoisotopic (exact) mass is 405 g/mol. The van der Waals surface area contributed by atoms with Crippen molar-refractivity contribution in [2.75, 3.05) is 6.61 Å². The number of hydrogen-bond donors (Lipinski definition) is 3. The maximum Gasteiger partial charge on any atom is 0.573 e. The Bertz CT molecular complexity index is 1080. The molecule has 9 heteroatoms. The number of nitrogens with zero attached hydrogens (tertiary/aromatic N) is 2. The second kappa shape index (κ2) is 8.13. The Balaban J connectivity index is 2.14. The van der Waals surface area contributed by atoms with Crippen molar-refractivity contribution in [3.63, 3.8) is 0 Å². The molecule has 0 fully saturated rings. The van der Waals surface area contributed by atoms with Gasteiger partial charge >= 0.3 is 6.36 Å². The lowest BCUT2D eigenvalue weighted by atomic mass is 9.96. The molecule has 0 aliphatic heterocycles. The van der Waals surface area contributed by atoms with Crippen molar-refractivity contribution >= 4 is 11.0 Å². The molecule has 2 aromatic carbocycles. The Morgan fingerprint density at radius 1 is 1.28 bits per heavy atom. The van der Waals surface area contributed by atoms with E-state index in [-0.39, 0.29) is 12.3 Å². The number of rotatable bonds is 4. The maximum absolute atomic E-state index is 12.4. The molecule has 152 valence electrons. The molecule has 0 bridgehead atoms. The van der Waals surface area contributed by atoms with Gasteiger partial charge in [0, 0.05) is 19.2 Å². The van der Waals surface area contributed by atoms with Crippen LogP contribution in [0.4, 0.5) is 13.2 Å². The summed E-state index contributed by atoms with van der Waals surface area (Å²) in [6.07, 6.45) is -4.37. The minimum absolute atomic E-state index is 0.141. The van der Waals surface area contributed by atoms with Crippen LogP contribution in [0.15, 0.2) is 36.7 Å². The molecule has 6 nitrogen and oxygen atoms in total. The van der Waals surface area contributed by atoms with Gasteiger partial charge in [-0.25, -0.2) is 4.98 Å². The normalized spacial score (nSPS) is 12.5. The fourth-order valence-electron chi connectivity index (χ4n) is 2.95. The third-order valence-electron chi connectivity index (χ3n) is 4.22. The average molecular weight is 405 g/mol. The molecule has 0 aliphatic rings. The number of halogens is 3. The van der Waals surface area contributed by atoms with Gasteiger partial charge in [0.05, 0.1) is 29.5 Å². The number of aromatic nitrogens is 2. The van der Waals surface area contributed by atoms with Gasteiger partial charge in [0.25, 0.3) is 0 Å². The number of ether oxygens (including phenoxy) is 1. The number of alkyl halides is 3. The number of benzene rings is 2. The number of hydrogen-bond acceptors (Lipinski definition) is 5. The van der Waals surface area contributed by atoms with E-state index in [0.717, 1.165) is 0 Å². The molecule has 4 N–H and O–H groups in total. The first-order valence-corrected chi connectivity index (χ1v) is 8.57. The lowest BCUT2D eigenvalue weighted by Gasteiger charge is -2.12. The van der Waals surface area contributed by atoms with Crippen LogP contribution >= 0.6 is 0 Å². The summed E-state index contributed by atoms with van der Waals surface area (Å²) in [5, 5.41) is 18.5. The summed E-state index contributed by atoms with van der Waals surface area (Å²) >= 11 is 0. The smallest absolute Gasteiger partial charge is 0.406 e. The van der Waals surface area contributed by atoms with E-state index in [2.05, 4.69) is 21.6 Å². The first-order chi connectivity index (χ1) is 13.7. The first-order valence-electron chi connectivity index (χ1n) is 8.57. The fourth-order valence-corrected chi connectivity index (χ4v) is 2.95. The Morgan fingerprint density at radius 2 is 1.97 bits per heavy atom. The molecule has 0 aliphatic carbocycles. The molecule has 0 radical (unpaired) electrons. The van der Waals surface area contributed by atoms with Gasteiger partial charge in [-0.05, 0) is 29.3 Å². The lowest BCUT2D eigenvalue weighted by Crippen LogP contribution is -2.16. The fraction of sp³-hybridized carbons (Fsp3) is 0.250. The molecule has 1 aromatic heterocycles. The molecule has 0 spiro atoms. The molecule has 29 heavy (non-hydrogen) atoms. The van der Waals surface area contributed by atoms with Gasteiger partial charge in [-0.3, -0.25) is 0 Å². The van der Waals surface area contributed by atoms with E-state index < -0.39 is 19.1 Å². The predicted molar refractivity (Wildman–Crippen MR) is 101 cm³/mol. The van der Waals surface area contributed by atoms with Gasteiger partial charge in [0.1, 0.15) is 11.9 Å². The van der Waals surface area contributed by atoms with Crippen molar-refractivity contribution in [1.82, 2.24) is 9.55 Å². The van der Waals surface area contributed by atoms with E-state index in [1.807, 2.05) is 0 Å². The Hall–Kier alpha value is -3.06. The second-order valence-electron chi connectivity index (χ2n) is 6.25. The molecule has 0 amide bonds. The zero-order valence-electron chi connectivity index (χ0n) is 15.4. The van der Waals surface area contributed by atoms with Crippen LogP contribution in [0.25, 0.3) is 22.2 Å². The van der Waals surface area contributed by atoms with Gasteiger partial charge in [0.2, 0.25) is 0 Å². The number of aliphatic hydroxyl groups excluding tert-OH is 2. The van der Waals surface area contributed by atoms with Crippen molar-refractivity contribution in [2.45, 2.75) is 19.0 Å². The maximum atomic E-state index is 12.4. The lowest BCUT2D eigenvalue weighted by molar-refractivity contribution is -0.274. The van der Waals surface area contributed by atoms with E-state index in [4.69, 9.17) is 10.8 Å². The van der Waals surface area contributed by atoms with Gasteiger partial charge in [-0.15, -0.1) is 13.2 Å². The Labute approximate surface area is 164 Å². The SMILES string of the molecule is Cn1cnc2c(-c3ccc(OC(F)(F)F)cc3)cc(CN)c(C#CC(O)CO)c21. The van der Waals surface area contributed by atoms with Gasteiger partial charge < -0.3 is 25.3 Å². The van der Waals surface area contributed by atoms with Crippen molar-refractivity contribution in [1.29, 1.82) is 0 Å². The zero-order valence-corrected chi connectivity index (χ0v) is 15.4. The number of fused-ring (bicyclic) bond motifs is 1. The highest BCUT2D eigenvalue weighted by atomic mass is 19.4. The van der Waals surface area contributed by atoms with Crippen molar-refractivity contribution in [3.8, 4) is 28.7 Å². The molecule has 1 heterocycles. The van der Waals surface area contributed by atoms with E-state index in [9.17, 15) is 18.3 Å². The second-order valence-corrected chi connectivity index (χ2v) is 6.25. The minimum atomic E-state index is -4.76. The molecule has 1 unspecified atom stereocenters. The van der Waals surface area contributed by atoms with Gasteiger partial charge in [-0.1, -0.05) is 24.0 Å². The van der Waals surface area contributed by atoms with Crippen molar-refractivity contribution < 1.29 is 28.1 Å². The van der Waals surface area contributed by atoms with Crippen LogP contribution in [-0.4, -0.2) is 38.8 Å².